The smallest absolute Gasteiger partial charge is 0.407 e. The fourth-order valence-electron chi connectivity index (χ4n) is 4.79. The molecule has 0 saturated heterocycles. The minimum atomic E-state index is -3.95. The molecule has 11 heteroatoms. The summed E-state index contributed by atoms with van der Waals surface area (Å²) in [6.45, 7) is -0.342. The van der Waals surface area contributed by atoms with Crippen molar-refractivity contribution in [2.45, 2.75) is 54.3 Å². The Morgan fingerprint density at radius 3 is 2.59 bits per heavy atom. The van der Waals surface area contributed by atoms with Crippen LogP contribution in [0.25, 0.3) is 22.1 Å². The van der Waals surface area contributed by atoms with E-state index in [1.807, 2.05) is 10.6 Å². The van der Waals surface area contributed by atoms with E-state index in [1.165, 1.54) is 19.2 Å². The summed E-state index contributed by atoms with van der Waals surface area (Å²) in [5, 5.41) is 13.6. The number of pyridine rings is 1. The van der Waals surface area contributed by atoms with E-state index in [1.54, 1.807) is 24.4 Å². The molecule has 3 heterocycles. The van der Waals surface area contributed by atoms with Gasteiger partial charge in [0.05, 0.1) is 17.5 Å². The highest BCUT2D eigenvalue weighted by Crippen LogP contribution is 2.38. The SMILES string of the molecule is COC(=O)NC1CCC(n2c(CO)nc3c(S(=O)(=O)c4ccccc4)nc4[nH]ccc4c32)CC1. The Labute approximate surface area is 195 Å². The highest BCUT2D eigenvalue weighted by atomic mass is 32.2. The van der Waals surface area contributed by atoms with Gasteiger partial charge in [-0.2, -0.15) is 0 Å². The minimum absolute atomic E-state index is 0.000902. The fraction of sp³-hybridized carbons (Fsp3) is 0.348. The topological polar surface area (TPSA) is 139 Å². The van der Waals surface area contributed by atoms with Gasteiger partial charge < -0.3 is 24.7 Å². The second-order valence-electron chi connectivity index (χ2n) is 8.37. The number of aromatic nitrogens is 4. The molecule has 3 N–H and O–H groups in total. The third-order valence-corrected chi connectivity index (χ3v) is 8.09. The van der Waals surface area contributed by atoms with E-state index in [9.17, 15) is 18.3 Å². The van der Waals surface area contributed by atoms with Gasteiger partial charge in [0.2, 0.25) is 9.84 Å². The Hall–Kier alpha value is -3.44. The summed E-state index contributed by atoms with van der Waals surface area (Å²) in [6.07, 6.45) is 4.15. The second kappa shape index (κ2) is 8.73. The standard InChI is InChI=1S/C23H25N5O5S/c1-33-23(30)25-14-7-9-15(10-8-14)28-18(13-29)26-19-20(28)17-11-12-24-21(17)27-22(19)34(31,32)16-5-3-2-4-6-16/h2-6,11-12,14-15,29H,7-10,13H2,1H3,(H,24,27)(H,25,30). The van der Waals surface area contributed by atoms with Crippen LogP contribution in [0.3, 0.4) is 0 Å². The number of amides is 1. The molecular formula is C23H25N5O5S. The van der Waals surface area contributed by atoms with E-state index in [-0.39, 0.29) is 34.1 Å². The number of aliphatic hydroxyl groups excluding tert-OH is 1. The Balaban J connectivity index is 1.64. The molecule has 0 unspecified atom stereocenters. The van der Waals surface area contributed by atoms with E-state index in [2.05, 4.69) is 20.3 Å². The lowest BCUT2D eigenvalue weighted by atomic mass is 9.91. The zero-order valence-corrected chi connectivity index (χ0v) is 19.4. The highest BCUT2D eigenvalue weighted by molar-refractivity contribution is 7.91. The lowest BCUT2D eigenvalue weighted by Gasteiger charge is -2.30. The normalized spacial score (nSPS) is 18.9. The number of nitrogens with zero attached hydrogens (tertiary/aromatic N) is 3. The molecule has 1 fully saturated rings. The number of hydrogen-bond acceptors (Lipinski definition) is 7. The zero-order valence-electron chi connectivity index (χ0n) is 18.6. The van der Waals surface area contributed by atoms with Crippen LogP contribution in [0.5, 0.6) is 0 Å². The van der Waals surface area contributed by atoms with Crippen molar-refractivity contribution >= 4 is 38.0 Å². The molecule has 1 amide bonds. The molecule has 1 saturated carbocycles. The van der Waals surface area contributed by atoms with Gasteiger partial charge in [-0.05, 0) is 43.9 Å². The van der Waals surface area contributed by atoms with Gasteiger partial charge in [0.15, 0.2) is 5.03 Å². The lowest BCUT2D eigenvalue weighted by Crippen LogP contribution is -2.38. The molecule has 178 valence electrons. The van der Waals surface area contributed by atoms with Gasteiger partial charge in [-0.15, -0.1) is 0 Å². The number of aliphatic hydroxyl groups is 1. The number of rotatable bonds is 5. The van der Waals surface area contributed by atoms with Gasteiger partial charge in [-0.25, -0.2) is 23.2 Å². The molecule has 0 radical (unpaired) electrons. The van der Waals surface area contributed by atoms with Gasteiger partial charge in [-0.3, -0.25) is 0 Å². The van der Waals surface area contributed by atoms with Gasteiger partial charge >= 0.3 is 6.09 Å². The average molecular weight is 484 g/mol. The van der Waals surface area contributed by atoms with Crippen molar-refractivity contribution < 1.29 is 23.1 Å². The number of ether oxygens (including phenoxy) is 1. The number of aromatic amines is 1. The van der Waals surface area contributed by atoms with Crippen LogP contribution in [0.4, 0.5) is 4.79 Å². The van der Waals surface area contributed by atoms with Crippen LogP contribution < -0.4 is 5.32 Å². The van der Waals surface area contributed by atoms with E-state index in [4.69, 9.17) is 4.74 Å². The highest BCUT2D eigenvalue weighted by Gasteiger charge is 2.31. The Kier molecular flexibility index (Phi) is 5.74. The van der Waals surface area contributed by atoms with E-state index >= 15 is 0 Å². The number of fused-ring (bicyclic) bond motifs is 3. The molecular weight excluding hydrogens is 458 g/mol. The number of carbonyl (C=O) groups is 1. The van der Waals surface area contributed by atoms with E-state index in [0.717, 1.165) is 31.1 Å². The van der Waals surface area contributed by atoms with Gasteiger partial charge in [0.1, 0.15) is 23.6 Å². The fourth-order valence-corrected chi connectivity index (χ4v) is 6.14. The summed E-state index contributed by atoms with van der Waals surface area (Å²) in [5.74, 6) is 0.388. The summed E-state index contributed by atoms with van der Waals surface area (Å²) >= 11 is 0. The molecule has 1 aliphatic carbocycles. The molecule has 10 nitrogen and oxygen atoms in total. The first-order chi connectivity index (χ1) is 16.4. The van der Waals surface area contributed by atoms with Crippen molar-refractivity contribution in [1.82, 2.24) is 24.8 Å². The first-order valence-corrected chi connectivity index (χ1v) is 12.6. The maximum atomic E-state index is 13.5. The number of hydrogen-bond donors (Lipinski definition) is 3. The van der Waals surface area contributed by atoms with Crippen LogP contribution in [0.1, 0.15) is 37.5 Å². The lowest BCUT2D eigenvalue weighted by molar-refractivity contribution is 0.160. The summed E-state index contributed by atoms with van der Waals surface area (Å²) in [4.78, 5) is 23.8. The average Bonchev–Trinajstić information content (AvgIpc) is 3.48. The first-order valence-electron chi connectivity index (χ1n) is 11.1. The van der Waals surface area contributed by atoms with Crippen molar-refractivity contribution in [3.05, 3.63) is 48.4 Å². The Bertz CT molecular complexity index is 1450. The van der Waals surface area contributed by atoms with Crippen molar-refractivity contribution in [3.8, 4) is 0 Å². The number of imidazole rings is 1. The van der Waals surface area contributed by atoms with Crippen molar-refractivity contribution in [3.63, 3.8) is 0 Å². The molecule has 34 heavy (non-hydrogen) atoms. The summed E-state index contributed by atoms with van der Waals surface area (Å²) in [6, 6.07) is 9.96. The number of sulfone groups is 1. The van der Waals surface area contributed by atoms with Crippen molar-refractivity contribution in [2.24, 2.45) is 0 Å². The number of H-pyrrole nitrogens is 1. The minimum Gasteiger partial charge on any atom is -0.453 e. The van der Waals surface area contributed by atoms with Gasteiger partial charge in [0, 0.05) is 23.7 Å². The molecule has 0 aliphatic heterocycles. The van der Waals surface area contributed by atoms with E-state index < -0.39 is 15.9 Å². The third-order valence-electron chi connectivity index (χ3n) is 6.40. The third kappa shape index (κ3) is 3.70. The van der Waals surface area contributed by atoms with Crippen LogP contribution in [-0.2, 0) is 21.2 Å². The molecule has 0 bridgehead atoms. The quantitative estimate of drug-likeness (QED) is 0.396. The zero-order chi connectivity index (χ0) is 23.9. The number of methoxy groups -OCH3 is 1. The predicted octanol–water partition coefficient (Wildman–Crippen LogP) is 3.08. The summed E-state index contributed by atoms with van der Waals surface area (Å²) in [5.41, 5.74) is 1.32. The summed E-state index contributed by atoms with van der Waals surface area (Å²) in [7, 11) is -2.62. The molecule has 5 rings (SSSR count). The molecule has 0 spiro atoms. The van der Waals surface area contributed by atoms with Crippen LogP contribution in [-0.4, -0.2) is 52.3 Å². The molecule has 4 aromatic rings. The van der Waals surface area contributed by atoms with Crippen LogP contribution in [0.2, 0.25) is 0 Å². The predicted molar refractivity (Wildman–Crippen MR) is 124 cm³/mol. The number of nitrogens with one attached hydrogen (secondary N) is 2. The first kappa shape index (κ1) is 22.4. The maximum Gasteiger partial charge on any atom is 0.407 e. The second-order valence-corrected chi connectivity index (χ2v) is 10.2. The van der Waals surface area contributed by atoms with E-state index in [0.29, 0.717) is 17.0 Å². The Morgan fingerprint density at radius 1 is 1.18 bits per heavy atom. The van der Waals surface area contributed by atoms with Crippen molar-refractivity contribution in [1.29, 1.82) is 0 Å². The molecule has 1 aliphatic rings. The Morgan fingerprint density at radius 2 is 1.91 bits per heavy atom. The number of alkyl carbamates (subject to hydrolysis) is 1. The molecule has 0 atom stereocenters. The summed E-state index contributed by atoms with van der Waals surface area (Å²) < 4.78 is 33.7. The number of benzene rings is 1. The van der Waals surface area contributed by atoms with Gasteiger partial charge in [-0.1, -0.05) is 18.2 Å². The monoisotopic (exact) mass is 483 g/mol. The van der Waals surface area contributed by atoms with Crippen molar-refractivity contribution in [2.75, 3.05) is 7.11 Å². The van der Waals surface area contributed by atoms with Gasteiger partial charge in [0.25, 0.3) is 0 Å². The molecule has 1 aromatic carbocycles. The molecule has 3 aromatic heterocycles. The maximum absolute atomic E-state index is 13.5. The van der Waals surface area contributed by atoms with Crippen LogP contribution >= 0.6 is 0 Å². The number of carbonyl (C=O) groups excluding carboxylic acids is 1. The largest absolute Gasteiger partial charge is 0.453 e. The van der Waals surface area contributed by atoms with Crippen LogP contribution in [0.15, 0.2) is 52.5 Å². The van der Waals surface area contributed by atoms with Crippen LogP contribution in [0, 0.1) is 0 Å².